The van der Waals surface area contributed by atoms with E-state index in [1.54, 1.807) is 0 Å². The molecule has 11 nitrogen and oxygen atoms in total. The van der Waals surface area contributed by atoms with Crippen molar-refractivity contribution < 1.29 is 31.8 Å². The first kappa shape index (κ1) is 27.3. The molecule has 2 unspecified atom stereocenters. The Morgan fingerprint density at radius 1 is 1.10 bits per heavy atom. The van der Waals surface area contributed by atoms with Crippen molar-refractivity contribution in [2.75, 3.05) is 12.4 Å². The first-order valence-corrected chi connectivity index (χ1v) is 12.7. The van der Waals surface area contributed by atoms with Gasteiger partial charge in [0.15, 0.2) is 40.7 Å². The van der Waals surface area contributed by atoms with Gasteiger partial charge in [0.2, 0.25) is 0 Å². The van der Waals surface area contributed by atoms with E-state index in [1.165, 1.54) is 54.4 Å². The summed E-state index contributed by atoms with van der Waals surface area (Å²) in [7, 11) is 1.42. The summed E-state index contributed by atoms with van der Waals surface area (Å²) in [5.41, 5.74) is -0.654. The second-order valence-electron chi connectivity index (χ2n) is 9.68. The van der Waals surface area contributed by atoms with E-state index in [1.807, 2.05) is 13.8 Å². The number of H-pyrrole nitrogens is 1. The van der Waals surface area contributed by atoms with Gasteiger partial charge in [0.1, 0.15) is 17.4 Å². The minimum absolute atomic E-state index is 0.0475. The number of aromatic amines is 1. The number of aromatic nitrogens is 6. The molecule has 1 aliphatic heterocycles. The molecule has 5 aromatic rings. The van der Waals surface area contributed by atoms with Crippen LogP contribution in [0.2, 0.25) is 0 Å². The van der Waals surface area contributed by atoms with Crippen molar-refractivity contribution in [3.8, 4) is 23.1 Å². The van der Waals surface area contributed by atoms with Gasteiger partial charge in [0, 0.05) is 35.6 Å². The number of halogens is 4. The Labute approximate surface area is 234 Å². The van der Waals surface area contributed by atoms with Gasteiger partial charge in [0.05, 0.1) is 19.5 Å². The maximum atomic E-state index is 15.1. The second-order valence-corrected chi connectivity index (χ2v) is 9.68. The standard InChI is InChI=1S/C27H23F4N7O4/c1-13(2)37-21-19(8-9-32-24(21)36-26(37)39)41-18-6-4-14(10-17(18)28)35-25-22(42-25)16-12-34-38(23(16)27(29,30)31)20-7-5-15(40-3)11-33-20/h4-13,22,25,35H,1-3H3,(H,32,36,39). The SMILES string of the molecule is COc1ccc(-n2ncc(C3OC3Nc3ccc(Oc4ccnc5[nH]c(=O)n(C(C)C)c45)c(F)c3)c2C(F)(F)F)nc1. The third-order valence-electron chi connectivity index (χ3n) is 6.59. The van der Waals surface area contributed by atoms with Crippen LogP contribution in [-0.2, 0) is 10.9 Å². The molecule has 6 rings (SSSR count). The Balaban J connectivity index is 1.21. The Kier molecular flexibility index (Phi) is 6.60. The highest BCUT2D eigenvalue weighted by Gasteiger charge is 2.49. The van der Waals surface area contributed by atoms with Crippen LogP contribution in [0.4, 0.5) is 23.2 Å². The molecule has 218 valence electrons. The van der Waals surface area contributed by atoms with Crippen LogP contribution in [0, 0.1) is 5.82 Å². The summed E-state index contributed by atoms with van der Waals surface area (Å²) in [4.78, 5) is 23.1. The Hall–Kier alpha value is -4.92. The molecule has 2 N–H and O–H groups in total. The van der Waals surface area contributed by atoms with Crippen molar-refractivity contribution in [1.82, 2.24) is 29.3 Å². The van der Waals surface area contributed by atoms with E-state index in [4.69, 9.17) is 14.2 Å². The number of rotatable bonds is 8. The molecule has 0 bridgehead atoms. The molecular formula is C27H23F4N7O4. The molecule has 1 aromatic carbocycles. The van der Waals surface area contributed by atoms with E-state index in [-0.39, 0.29) is 40.3 Å². The van der Waals surface area contributed by atoms with Crippen LogP contribution in [0.3, 0.4) is 0 Å². The highest BCUT2D eigenvalue weighted by Crippen LogP contribution is 2.45. The second kappa shape index (κ2) is 10.2. The van der Waals surface area contributed by atoms with Gasteiger partial charge in [-0.25, -0.2) is 23.8 Å². The largest absolute Gasteiger partial charge is 0.495 e. The van der Waals surface area contributed by atoms with Crippen molar-refractivity contribution in [2.45, 2.75) is 38.4 Å². The number of epoxide rings is 1. The maximum Gasteiger partial charge on any atom is 0.433 e. The van der Waals surface area contributed by atoms with Crippen molar-refractivity contribution >= 4 is 16.9 Å². The molecule has 1 fully saturated rings. The van der Waals surface area contributed by atoms with E-state index in [2.05, 4.69) is 25.4 Å². The van der Waals surface area contributed by atoms with E-state index >= 15 is 4.39 Å². The molecule has 5 heterocycles. The van der Waals surface area contributed by atoms with Gasteiger partial charge in [-0.15, -0.1) is 0 Å². The molecule has 15 heteroatoms. The zero-order valence-corrected chi connectivity index (χ0v) is 22.3. The van der Waals surface area contributed by atoms with Crippen LogP contribution in [0.5, 0.6) is 17.2 Å². The van der Waals surface area contributed by atoms with Crippen molar-refractivity contribution in [3.63, 3.8) is 0 Å². The van der Waals surface area contributed by atoms with Crippen molar-refractivity contribution in [3.05, 3.63) is 82.5 Å². The van der Waals surface area contributed by atoms with Gasteiger partial charge in [-0.05, 0) is 38.1 Å². The monoisotopic (exact) mass is 585 g/mol. The predicted molar refractivity (Wildman–Crippen MR) is 141 cm³/mol. The summed E-state index contributed by atoms with van der Waals surface area (Å²) in [6.45, 7) is 3.64. The van der Waals surface area contributed by atoms with Gasteiger partial charge in [-0.3, -0.25) is 9.55 Å². The summed E-state index contributed by atoms with van der Waals surface area (Å²) >= 11 is 0. The first-order chi connectivity index (χ1) is 20.0. The van der Waals surface area contributed by atoms with Crippen LogP contribution in [0.25, 0.3) is 17.0 Å². The lowest BCUT2D eigenvalue weighted by Gasteiger charge is -2.13. The third-order valence-corrected chi connectivity index (χ3v) is 6.59. The molecule has 0 amide bonds. The Bertz CT molecular complexity index is 1830. The fourth-order valence-electron chi connectivity index (χ4n) is 4.66. The number of alkyl halides is 3. The lowest BCUT2D eigenvalue weighted by atomic mass is 10.1. The quantitative estimate of drug-likeness (QED) is 0.184. The van der Waals surface area contributed by atoms with Gasteiger partial charge in [0.25, 0.3) is 0 Å². The molecule has 0 aliphatic carbocycles. The molecule has 4 aromatic heterocycles. The number of fused-ring (bicyclic) bond motifs is 1. The highest BCUT2D eigenvalue weighted by atomic mass is 19.4. The summed E-state index contributed by atoms with van der Waals surface area (Å²) < 4.78 is 75.8. The van der Waals surface area contributed by atoms with E-state index in [9.17, 15) is 18.0 Å². The summed E-state index contributed by atoms with van der Waals surface area (Å²) in [5.74, 6) is -0.315. The molecule has 1 aliphatic rings. The number of hydrogen-bond donors (Lipinski definition) is 2. The highest BCUT2D eigenvalue weighted by molar-refractivity contribution is 5.78. The summed E-state index contributed by atoms with van der Waals surface area (Å²) in [5, 5.41) is 6.78. The number of pyridine rings is 2. The van der Waals surface area contributed by atoms with Crippen molar-refractivity contribution in [1.29, 1.82) is 0 Å². The smallest absolute Gasteiger partial charge is 0.433 e. The lowest BCUT2D eigenvalue weighted by molar-refractivity contribution is -0.143. The molecule has 1 saturated heterocycles. The first-order valence-electron chi connectivity index (χ1n) is 12.7. The molecule has 0 radical (unpaired) electrons. The fourth-order valence-corrected chi connectivity index (χ4v) is 4.66. The molecule has 42 heavy (non-hydrogen) atoms. The number of nitrogens with one attached hydrogen (secondary N) is 2. The lowest BCUT2D eigenvalue weighted by Crippen LogP contribution is -2.18. The van der Waals surface area contributed by atoms with Gasteiger partial charge in [-0.2, -0.15) is 18.3 Å². The van der Waals surface area contributed by atoms with Crippen LogP contribution in [0.1, 0.15) is 37.3 Å². The number of benzene rings is 1. The minimum atomic E-state index is -4.76. The zero-order valence-electron chi connectivity index (χ0n) is 22.3. The average Bonchev–Trinajstić information content (AvgIpc) is 3.38. The minimum Gasteiger partial charge on any atom is -0.495 e. The topological polar surface area (TPSA) is 124 Å². The third kappa shape index (κ3) is 4.91. The number of methoxy groups -OCH3 is 1. The van der Waals surface area contributed by atoms with Gasteiger partial charge >= 0.3 is 11.9 Å². The normalized spacial score (nSPS) is 16.7. The Morgan fingerprint density at radius 3 is 2.57 bits per heavy atom. The van der Waals surface area contributed by atoms with Gasteiger partial charge in [-0.1, -0.05) is 0 Å². The predicted octanol–water partition coefficient (Wildman–Crippen LogP) is 5.35. The molecular weight excluding hydrogens is 562 g/mol. The van der Waals surface area contributed by atoms with Crippen molar-refractivity contribution in [2.24, 2.45) is 0 Å². The number of ether oxygens (including phenoxy) is 3. The van der Waals surface area contributed by atoms with Gasteiger partial charge < -0.3 is 19.5 Å². The van der Waals surface area contributed by atoms with Crippen LogP contribution in [-0.4, -0.2) is 42.6 Å². The summed E-state index contributed by atoms with van der Waals surface area (Å²) in [6.07, 6.45) is -2.81. The molecule has 0 saturated carbocycles. The van der Waals surface area contributed by atoms with E-state index in [0.29, 0.717) is 21.6 Å². The van der Waals surface area contributed by atoms with Crippen LogP contribution >= 0.6 is 0 Å². The number of imidazole rings is 1. The molecule has 2 atom stereocenters. The van der Waals surface area contributed by atoms with E-state index in [0.717, 1.165) is 12.3 Å². The number of anilines is 1. The maximum absolute atomic E-state index is 15.1. The van der Waals surface area contributed by atoms with Crippen LogP contribution in [0.15, 0.2) is 59.8 Å². The van der Waals surface area contributed by atoms with E-state index < -0.39 is 30.0 Å². The molecule has 0 spiro atoms. The Morgan fingerprint density at radius 2 is 1.90 bits per heavy atom. The van der Waals surface area contributed by atoms with Crippen LogP contribution < -0.4 is 20.5 Å². The summed E-state index contributed by atoms with van der Waals surface area (Å²) in [6, 6.07) is 8.13. The fraction of sp³-hybridized carbons (Fsp3) is 0.259. The number of hydrogen-bond acceptors (Lipinski definition) is 8. The zero-order chi connectivity index (χ0) is 29.8. The average molecular weight is 586 g/mol. The number of nitrogens with zero attached hydrogens (tertiary/aromatic N) is 5.